The van der Waals surface area contributed by atoms with Crippen LogP contribution in [-0.4, -0.2) is 32.5 Å². The summed E-state index contributed by atoms with van der Waals surface area (Å²) in [7, 11) is -3.79. The molecule has 0 aliphatic rings. The Hall–Kier alpha value is -1.60. The number of nitrogens with one attached hydrogen (secondary N) is 2. The molecule has 0 fully saturated rings. The zero-order valence-electron chi connectivity index (χ0n) is 10.9. The van der Waals surface area contributed by atoms with Crippen LogP contribution in [-0.2, 0) is 14.8 Å². The van der Waals surface area contributed by atoms with Crippen molar-refractivity contribution in [3.05, 3.63) is 24.3 Å². The van der Waals surface area contributed by atoms with Crippen LogP contribution in [0.15, 0.2) is 29.2 Å². The molecular formula is C12H18N2O4S. The predicted molar refractivity (Wildman–Crippen MR) is 71.1 cm³/mol. The van der Waals surface area contributed by atoms with E-state index >= 15 is 0 Å². The van der Waals surface area contributed by atoms with Gasteiger partial charge in [0.05, 0.1) is 11.4 Å². The Morgan fingerprint density at radius 3 is 2.63 bits per heavy atom. The van der Waals surface area contributed by atoms with Gasteiger partial charge >= 0.3 is 0 Å². The van der Waals surface area contributed by atoms with Crippen LogP contribution in [0, 0.1) is 5.92 Å². The van der Waals surface area contributed by atoms with Gasteiger partial charge in [0, 0.05) is 6.54 Å². The van der Waals surface area contributed by atoms with Gasteiger partial charge in [0.25, 0.3) is 0 Å². The summed E-state index contributed by atoms with van der Waals surface area (Å²) in [6.07, 6.45) is 0. The average molecular weight is 286 g/mol. The van der Waals surface area contributed by atoms with Gasteiger partial charge < -0.3 is 10.4 Å². The summed E-state index contributed by atoms with van der Waals surface area (Å²) in [4.78, 5) is 11.3. The molecular weight excluding hydrogens is 268 g/mol. The van der Waals surface area contributed by atoms with Crippen molar-refractivity contribution >= 4 is 15.9 Å². The van der Waals surface area contributed by atoms with E-state index in [4.69, 9.17) is 0 Å². The monoisotopic (exact) mass is 286 g/mol. The first-order valence-corrected chi connectivity index (χ1v) is 7.35. The second-order valence-electron chi connectivity index (χ2n) is 4.52. The molecule has 0 unspecified atom stereocenters. The highest BCUT2D eigenvalue weighted by atomic mass is 32.2. The Morgan fingerprint density at radius 1 is 1.37 bits per heavy atom. The number of carbonyl (C=O) groups excluding carboxylic acids is 1. The topological polar surface area (TPSA) is 95.5 Å². The first kappa shape index (κ1) is 15.5. The van der Waals surface area contributed by atoms with E-state index in [1.54, 1.807) is 0 Å². The van der Waals surface area contributed by atoms with Gasteiger partial charge in [0.15, 0.2) is 0 Å². The molecule has 1 rings (SSSR count). The summed E-state index contributed by atoms with van der Waals surface area (Å²) in [6.45, 7) is 4.05. The van der Waals surface area contributed by atoms with Crippen LogP contribution >= 0.6 is 0 Å². The number of hydrogen-bond donors (Lipinski definition) is 3. The molecule has 0 spiro atoms. The Bertz CT molecular complexity index is 540. The summed E-state index contributed by atoms with van der Waals surface area (Å²) < 4.78 is 25.8. The standard InChI is InChI=1S/C12H18N2O4S/c1-9(2)7-13-12(16)8-14-19(17,18)11-5-3-4-10(15)6-11/h3-6,9,14-15H,7-8H2,1-2H3,(H,13,16). The molecule has 0 bridgehead atoms. The lowest BCUT2D eigenvalue weighted by Gasteiger charge is -2.09. The van der Waals surface area contributed by atoms with Crippen LogP contribution in [0.4, 0.5) is 0 Å². The number of phenolic OH excluding ortho intramolecular Hbond substituents is 1. The maximum atomic E-state index is 11.8. The molecule has 0 atom stereocenters. The maximum absolute atomic E-state index is 11.8. The lowest BCUT2D eigenvalue weighted by Crippen LogP contribution is -2.38. The molecule has 1 aromatic rings. The molecule has 1 amide bonds. The predicted octanol–water partition coefficient (Wildman–Crippen LogP) is 0.443. The molecule has 19 heavy (non-hydrogen) atoms. The lowest BCUT2D eigenvalue weighted by molar-refractivity contribution is -0.120. The maximum Gasteiger partial charge on any atom is 0.241 e. The summed E-state index contributed by atoms with van der Waals surface area (Å²) in [5.74, 6) is -0.240. The quantitative estimate of drug-likeness (QED) is 0.707. The Balaban J connectivity index is 2.59. The van der Waals surface area contributed by atoms with E-state index in [9.17, 15) is 18.3 Å². The van der Waals surface area contributed by atoms with Crippen molar-refractivity contribution in [1.29, 1.82) is 0 Å². The zero-order valence-corrected chi connectivity index (χ0v) is 11.7. The third-order valence-electron chi connectivity index (χ3n) is 2.26. The van der Waals surface area contributed by atoms with Crippen LogP contribution in [0.2, 0.25) is 0 Å². The van der Waals surface area contributed by atoms with Crippen LogP contribution in [0.5, 0.6) is 5.75 Å². The van der Waals surface area contributed by atoms with Gasteiger partial charge in [-0.2, -0.15) is 0 Å². The minimum absolute atomic E-state index is 0.0795. The van der Waals surface area contributed by atoms with Gasteiger partial charge in [0.1, 0.15) is 5.75 Å². The largest absolute Gasteiger partial charge is 0.508 e. The van der Waals surface area contributed by atoms with Crippen molar-refractivity contribution in [1.82, 2.24) is 10.0 Å². The van der Waals surface area contributed by atoms with Crippen molar-refractivity contribution in [3.8, 4) is 5.75 Å². The van der Waals surface area contributed by atoms with E-state index < -0.39 is 15.9 Å². The highest BCUT2D eigenvalue weighted by Crippen LogP contribution is 2.15. The molecule has 0 aliphatic heterocycles. The third-order valence-corrected chi connectivity index (χ3v) is 3.66. The van der Waals surface area contributed by atoms with Gasteiger partial charge in [-0.05, 0) is 24.1 Å². The van der Waals surface area contributed by atoms with Crippen molar-refractivity contribution < 1.29 is 18.3 Å². The number of rotatable bonds is 6. The van der Waals surface area contributed by atoms with E-state index in [1.807, 2.05) is 13.8 Å². The fraction of sp³-hybridized carbons (Fsp3) is 0.417. The Morgan fingerprint density at radius 2 is 2.05 bits per heavy atom. The summed E-state index contributed by atoms with van der Waals surface area (Å²) >= 11 is 0. The van der Waals surface area contributed by atoms with Crippen molar-refractivity contribution in [3.63, 3.8) is 0 Å². The fourth-order valence-corrected chi connectivity index (χ4v) is 2.30. The Labute approximate surface area is 112 Å². The molecule has 0 aliphatic carbocycles. The van der Waals surface area contributed by atoms with E-state index in [0.717, 1.165) is 6.07 Å². The van der Waals surface area contributed by atoms with Crippen LogP contribution in [0.3, 0.4) is 0 Å². The normalized spacial score (nSPS) is 11.5. The highest BCUT2D eigenvalue weighted by molar-refractivity contribution is 7.89. The van der Waals surface area contributed by atoms with Crippen LogP contribution in [0.1, 0.15) is 13.8 Å². The average Bonchev–Trinajstić information content (AvgIpc) is 2.34. The number of phenols is 1. The fourth-order valence-electron chi connectivity index (χ4n) is 1.28. The minimum Gasteiger partial charge on any atom is -0.508 e. The second-order valence-corrected chi connectivity index (χ2v) is 6.29. The number of benzene rings is 1. The highest BCUT2D eigenvalue weighted by Gasteiger charge is 2.15. The zero-order chi connectivity index (χ0) is 14.5. The van der Waals surface area contributed by atoms with Gasteiger partial charge in [0.2, 0.25) is 15.9 Å². The molecule has 6 nitrogen and oxygen atoms in total. The lowest BCUT2D eigenvalue weighted by atomic mass is 10.2. The number of carbonyl (C=O) groups is 1. The molecule has 7 heteroatoms. The molecule has 0 radical (unpaired) electrons. The van der Waals surface area contributed by atoms with E-state index in [1.165, 1.54) is 18.2 Å². The first-order chi connectivity index (χ1) is 8.81. The number of aromatic hydroxyl groups is 1. The van der Waals surface area contributed by atoms with Crippen molar-refractivity contribution in [2.24, 2.45) is 5.92 Å². The Kier molecular flexibility index (Phi) is 5.31. The van der Waals surface area contributed by atoms with Crippen molar-refractivity contribution in [2.45, 2.75) is 18.7 Å². The van der Waals surface area contributed by atoms with E-state index in [-0.39, 0.29) is 17.2 Å². The minimum atomic E-state index is -3.79. The summed E-state index contributed by atoms with van der Waals surface area (Å²) in [6, 6.07) is 5.25. The van der Waals surface area contributed by atoms with Crippen molar-refractivity contribution in [2.75, 3.05) is 13.1 Å². The van der Waals surface area contributed by atoms with Gasteiger partial charge in [-0.25, -0.2) is 13.1 Å². The molecule has 0 aromatic heterocycles. The first-order valence-electron chi connectivity index (χ1n) is 5.86. The van der Waals surface area contributed by atoms with Crippen LogP contribution < -0.4 is 10.0 Å². The van der Waals surface area contributed by atoms with Crippen LogP contribution in [0.25, 0.3) is 0 Å². The summed E-state index contributed by atoms with van der Waals surface area (Å²) in [5, 5.41) is 11.8. The van der Waals surface area contributed by atoms with Gasteiger partial charge in [-0.1, -0.05) is 19.9 Å². The van der Waals surface area contributed by atoms with E-state index in [0.29, 0.717) is 12.5 Å². The molecule has 0 heterocycles. The number of sulfonamides is 1. The summed E-state index contributed by atoms with van der Waals surface area (Å²) in [5.41, 5.74) is 0. The van der Waals surface area contributed by atoms with Gasteiger partial charge in [-0.15, -0.1) is 0 Å². The number of hydrogen-bond acceptors (Lipinski definition) is 4. The third kappa shape index (κ3) is 5.27. The molecule has 1 aromatic carbocycles. The molecule has 0 saturated heterocycles. The molecule has 106 valence electrons. The molecule has 0 saturated carbocycles. The van der Waals surface area contributed by atoms with Gasteiger partial charge in [-0.3, -0.25) is 4.79 Å². The second kappa shape index (κ2) is 6.53. The smallest absolute Gasteiger partial charge is 0.241 e. The molecule has 3 N–H and O–H groups in total. The van der Waals surface area contributed by atoms with E-state index in [2.05, 4.69) is 10.0 Å². The number of amides is 1. The SMILES string of the molecule is CC(C)CNC(=O)CNS(=O)(=O)c1cccc(O)c1.